The third-order valence-corrected chi connectivity index (χ3v) is 4.35. The average molecular weight is 348 g/mol. The lowest BCUT2D eigenvalue weighted by Crippen LogP contribution is -2.46. The first-order chi connectivity index (χ1) is 12.0. The number of nitrogens with zero attached hydrogens (tertiary/aromatic N) is 1. The molecule has 5 nitrogen and oxygen atoms in total. The van der Waals surface area contributed by atoms with Crippen molar-refractivity contribution in [3.8, 4) is 0 Å². The fourth-order valence-electron chi connectivity index (χ4n) is 3.00. The number of amides is 2. The Kier molecular flexibility index (Phi) is 4.83. The van der Waals surface area contributed by atoms with Crippen molar-refractivity contribution in [1.29, 1.82) is 0 Å². The summed E-state index contributed by atoms with van der Waals surface area (Å²) >= 11 is 0. The number of carbonyl (C=O) groups is 2. The van der Waals surface area contributed by atoms with E-state index in [9.17, 15) is 18.4 Å². The van der Waals surface area contributed by atoms with Gasteiger partial charge in [0, 0.05) is 6.54 Å². The molecule has 0 saturated carbocycles. The molecule has 7 heteroatoms. The Morgan fingerprint density at radius 2 is 2.08 bits per heavy atom. The van der Waals surface area contributed by atoms with Gasteiger partial charge in [0.2, 0.25) is 5.91 Å². The lowest BCUT2D eigenvalue weighted by molar-refractivity contribution is -0.125. The topological polar surface area (TPSA) is 62.6 Å². The highest BCUT2D eigenvalue weighted by atomic mass is 19.2. The molecule has 1 fully saturated rings. The second kappa shape index (κ2) is 7.04. The van der Waals surface area contributed by atoms with Gasteiger partial charge in [-0.05, 0) is 49.6 Å². The Labute approximate surface area is 143 Å². The van der Waals surface area contributed by atoms with Crippen LogP contribution in [0.5, 0.6) is 0 Å². The minimum atomic E-state index is -0.964. The minimum absolute atomic E-state index is 0.188. The monoisotopic (exact) mass is 348 g/mol. The second-order valence-corrected chi connectivity index (χ2v) is 6.04. The van der Waals surface area contributed by atoms with Crippen molar-refractivity contribution in [3.63, 3.8) is 0 Å². The van der Waals surface area contributed by atoms with Gasteiger partial charge in [-0.2, -0.15) is 0 Å². The van der Waals surface area contributed by atoms with E-state index >= 15 is 0 Å². The smallest absolute Gasteiger partial charge is 0.290 e. The molecule has 0 aliphatic carbocycles. The first kappa shape index (κ1) is 17.1. The summed E-state index contributed by atoms with van der Waals surface area (Å²) in [4.78, 5) is 26.5. The molecule has 1 aliphatic rings. The Bertz CT molecular complexity index is 777. The van der Waals surface area contributed by atoms with Crippen LogP contribution in [0.4, 0.5) is 8.78 Å². The predicted octanol–water partition coefficient (Wildman–Crippen LogP) is 3.04. The van der Waals surface area contributed by atoms with Crippen LogP contribution in [0.25, 0.3) is 0 Å². The number of hydrogen-bond acceptors (Lipinski definition) is 3. The van der Waals surface area contributed by atoms with Gasteiger partial charge in [-0.15, -0.1) is 0 Å². The quantitative estimate of drug-likeness (QED) is 0.924. The van der Waals surface area contributed by atoms with Gasteiger partial charge < -0.3 is 14.6 Å². The lowest BCUT2D eigenvalue weighted by atomic mass is 10.1. The molecule has 2 aromatic rings. The van der Waals surface area contributed by atoms with Crippen molar-refractivity contribution in [3.05, 3.63) is 59.6 Å². The molecule has 1 N–H and O–H groups in total. The van der Waals surface area contributed by atoms with Crippen molar-refractivity contribution in [2.24, 2.45) is 0 Å². The molecule has 0 radical (unpaired) electrons. The van der Waals surface area contributed by atoms with Gasteiger partial charge in [0.05, 0.1) is 12.3 Å². The molecule has 2 heterocycles. The molecule has 1 aliphatic heterocycles. The number of halogens is 2. The first-order valence-electron chi connectivity index (χ1n) is 8.07. The van der Waals surface area contributed by atoms with E-state index in [1.807, 2.05) is 0 Å². The van der Waals surface area contributed by atoms with E-state index in [2.05, 4.69) is 5.32 Å². The van der Waals surface area contributed by atoms with Gasteiger partial charge in [0.15, 0.2) is 17.4 Å². The van der Waals surface area contributed by atoms with E-state index in [-0.39, 0.29) is 17.6 Å². The summed E-state index contributed by atoms with van der Waals surface area (Å²) in [5, 5.41) is 2.76. The van der Waals surface area contributed by atoms with Crippen LogP contribution >= 0.6 is 0 Å². The van der Waals surface area contributed by atoms with Gasteiger partial charge in [0.1, 0.15) is 6.04 Å². The third-order valence-electron chi connectivity index (χ3n) is 4.35. The number of likely N-dealkylation sites (tertiary alicyclic amines) is 1. The van der Waals surface area contributed by atoms with Crippen molar-refractivity contribution in [2.45, 2.75) is 31.8 Å². The molecule has 1 aromatic heterocycles. The summed E-state index contributed by atoms with van der Waals surface area (Å²) in [5.74, 6) is -2.37. The van der Waals surface area contributed by atoms with E-state index in [0.29, 0.717) is 24.9 Å². The van der Waals surface area contributed by atoms with Crippen molar-refractivity contribution in [1.82, 2.24) is 10.2 Å². The molecule has 1 saturated heterocycles. The van der Waals surface area contributed by atoms with Crippen LogP contribution in [0.3, 0.4) is 0 Å². The van der Waals surface area contributed by atoms with Crippen LogP contribution in [0.2, 0.25) is 0 Å². The fraction of sp³-hybridized carbons (Fsp3) is 0.333. The number of hydrogen-bond donors (Lipinski definition) is 1. The zero-order valence-corrected chi connectivity index (χ0v) is 13.7. The summed E-state index contributed by atoms with van der Waals surface area (Å²) in [6.45, 7) is 2.15. The summed E-state index contributed by atoms with van der Waals surface area (Å²) in [7, 11) is 0. The largest absolute Gasteiger partial charge is 0.459 e. The molecule has 25 heavy (non-hydrogen) atoms. The number of furan rings is 1. The fourth-order valence-corrected chi connectivity index (χ4v) is 3.00. The van der Waals surface area contributed by atoms with E-state index in [1.54, 1.807) is 19.1 Å². The summed E-state index contributed by atoms with van der Waals surface area (Å²) in [6, 6.07) is 5.55. The first-order valence-corrected chi connectivity index (χ1v) is 8.07. The van der Waals surface area contributed by atoms with Gasteiger partial charge in [-0.3, -0.25) is 9.59 Å². The van der Waals surface area contributed by atoms with Crippen LogP contribution in [0.15, 0.2) is 41.0 Å². The number of nitrogens with one attached hydrogen (secondary N) is 1. The lowest BCUT2D eigenvalue weighted by Gasteiger charge is -2.25. The Hall–Kier alpha value is -2.70. The van der Waals surface area contributed by atoms with E-state index in [0.717, 1.165) is 12.1 Å². The molecular formula is C18H18F2N2O3. The van der Waals surface area contributed by atoms with Gasteiger partial charge in [-0.25, -0.2) is 8.78 Å². The Morgan fingerprint density at radius 3 is 2.76 bits per heavy atom. The zero-order chi connectivity index (χ0) is 18.0. The van der Waals surface area contributed by atoms with Crippen molar-refractivity contribution in [2.75, 3.05) is 6.54 Å². The predicted molar refractivity (Wildman–Crippen MR) is 85.7 cm³/mol. The highest BCUT2D eigenvalue weighted by molar-refractivity contribution is 5.96. The maximum atomic E-state index is 13.4. The normalized spacial score (nSPS) is 18.2. The second-order valence-electron chi connectivity index (χ2n) is 6.04. The summed E-state index contributed by atoms with van der Waals surface area (Å²) in [6.07, 6.45) is 2.66. The van der Waals surface area contributed by atoms with Crippen LogP contribution in [0, 0.1) is 11.6 Å². The van der Waals surface area contributed by atoms with Crippen LogP contribution in [-0.4, -0.2) is 29.3 Å². The molecule has 2 unspecified atom stereocenters. The highest BCUT2D eigenvalue weighted by Crippen LogP contribution is 2.22. The van der Waals surface area contributed by atoms with Gasteiger partial charge in [0.25, 0.3) is 5.91 Å². The number of benzene rings is 1. The van der Waals surface area contributed by atoms with Crippen LogP contribution < -0.4 is 5.32 Å². The maximum Gasteiger partial charge on any atom is 0.290 e. The van der Waals surface area contributed by atoms with Gasteiger partial charge in [-0.1, -0.05) is 6.07 Å². The average Bonchev–Trinajstić information content (AvgIpc) is 3.28. The van der Waals surface area contributed by atoms with Crippen molar-refractivity contribution >= 4 is 11.8 Å². The molecule has 2 amide bonds. The Morgan fingerprint density at radius 1 is 1.28 bits per heavy atom. The van der Waals surface area contributed by atoms with E-state index in [1.165, 1.54) is 17.2 Å². The molecule has 0 bridgehead atoms. The van der Waals surface area contributed by atoms with E-state index < -0.39 is 23.7 Å². The highest BCUT2D eigenvalue weighted by Gasteiger charge is 2.36. The van der Waals surface area contributed by atoms with E-state index in [4.69, 9.17) is 4.42 Å². The third kappa shape index (κ3) is 3.55. The molecule has 132 valence electrons. The van der Waals surface area contributed by atoms with Crippen LogP contribution in [-0.2, 0) is 4.79 Å². The molecule has 0 spiro atoms. The number of carbonyl (C=O) groups excluding carboxylic acids is 2. The maximum absolute atomic E-state index is 13.4. The summed E-state index contributed by atoms with van der Waals surface area (Å²) in [5.41, 5.74) is 0.453. The molecule has 1 aromatic carbocycles. The molecular weight excluding hydrogens is 330 g/mol. The Balaban J connectivity index is 1.69. The molecule has 2 atom stereocenters. The SMILES string of the molecule is CC(NC(=O)C1CCCN1C(=O)c1ccco1)c1ccc(F)c(F)c1. The standard InChI is InChI=1S/C18H18F2N2O3/c1-11(12-6-7-13(19)14(20)10-12)21-17(23)15-4-2-8-22(15)18(24)16-5-3-9-25-16/h3,5-7,9-11,15H,2,4,8H2,1H3,(H,21,23). The molecule has 3 rings (SSSR count). The van der Waals surface area contributed by atoms with Crippen LogP contribution in [0.1, 0.15) is 41.9 Å². The summed E-state index contributed by atoms with van der Waals surface area (Å²) < 4.78 is 31.5. The number of rotatable bonds is 4. The van der Waals surface area contributed by atoms with Crippen molar-refractivity contribution < 1.29 is 22.8 Å². The zero-order valence-electron chi connectivity index (χ0n) is 13.7. The van der Waals surface area contributed by atoms with Gasteiger partial charge >= 0.3 is 0 Å². The minimum Gasteiger partial charge on any atom is -0.459 e.